The first kappa shape index (κ1) is 12.1. The lowest BCUT2D eigenvalue weighted by Crippen LogP contribution is -2.08. The van der Waals surface area contributed by atoms with E-state index in [4.69, 9.17) is 10.5 Å². The van der Waals surface area contributed by atoms with Crippen molar-refractivity contribution in [2.75, 3.05) is 12.3 Å². The summed E-state index contributed by atoms with van der Waals surface area (Å²) in [5, 5.41) is 0. The Morgan fingerprint density at radius 2 is 2.20 bits per heavy atom. The van der Waals surface area contributed by atoms with Crippen LogP contribution in [-0.4, -0.2) is 12.7 Å². The molecule has 84 valence electrons. The van der Waals surface area contributed by atoms with Gasteiger partial charge in [-0.05, 0) is 43.9 Å². The summed E-state index contributed by atoms with van der Waals surface area (Å²) in [4.78, 5) is 0. The molecule has 0 spiro atoms. The van der Waals surface area contributed by atoms with Crippen molar-refractivity contribution in [3.05, 3.63) is 29.8 Å². The number of nitrogen functional groups attached to an aromatic ring is 1. The third-order valence-electron chi connectivity index (χ3n) is 2.54. The molecule has 0 fully saturated rings. The van der Waals surface area contributed by atoms with Gasteiger partial charge in [0.1, 0.15) is 0 Å². The van der Waals surface area contributed by atoms with Crippen LogP contribution in [0, 0.1) is 0 Å². The fourth-order valence-electron chi connectivity index (χ4n) is 1.43. The van der Waals surface area contributed by atoms with Crippen molar-refractivity contribution in [2.24, 2.45) is 0 Å². The molecule has 0 saturated carbocycles. The van der Waals surface area contributed by atoms with Crippen LogP contribution in [0.1, 0.15) is 32.3 Å². The first-order chi connectivity index (χ1) is 7.22. The Labute approximate surface area is 92.4 Å². The van der Waals surface area contributed by atoms with Gasteiger partial charge in [-0.1, -0.05) is 19.1 Å². The van der Waals surface area contributed by atoms with E-state index in [1.807, 2.05) is 18.2 Å². The van der Waals surface area contributed by atoms with Gasteiger partial charge in [-0.3, -0.25) is 0 Å². The fourth-order valence-corrected chi connectivity index (χ4v) is 1.43. The summed E-state index contributed by atoms with van der Waals surface area (Å²) in [5.41, 5.74) is 7.84. The van der Waals surface area contributed by atoms with Crippen molar-refractivity contribution in [3.63, 3.8) is 0 Å². The number of hydrogen-bond acceptors (Lipinski definition) is 2. The molecule has 1 aromatic carbocycles. The van der Waals surface area contributed by atoms with E-state index in [0.717, 1.165) is 31.6 Å². The van der Waals surface area contributed by atoms with Crippen molar-refractivity contribution in [1.82, 2.24) is 0 Å². The summed E-state index contributed by atoms with van der Waals surface area (Å²) in [6.07, 6.45) is 3.57. The highest BCUT2D eigenvalue weighted by atomic mass is 16.5. The zero-order valence-corrected chi connectivity index (χ0v) is 9.70. The maximum atomic E-state index is 5.70. The zero-order chi connectivity index (χ0) is 11.1. The lowest BCUT2D eigenvalue weighted by molar-refractivity contribution is 0.0621. The van der Waals surface area contributed by atoms with Crippen LogP contribution in [0.25, 0.3) is 0 Å². The average Bonchev–Trinajstić information content (AvgIpc) is 2.24. The fraction of sp³-hybridized carbons (Fsp3) is 0.538. The van der Waals surface area contributed by atoms with Gasteiger partial charge in [-0.2, -0.15) is 0 Å². The minimum Gasteiger partial charge on any atom is -0.399 e. The summed E-state index contributed by atoms with van der Waals surface area (Å²) in [7, 11) is 0. The second-order valence-electron chi connectivity index (χ2n) is 3.94. The third-order valence-corrected chi connectivity index (χ3v) is 2.54. The van der Waals surface area contributed by atoms with Gasteiger partial charge in [0, 0.05) is 12.3 Å². The Hall–Kier alpha value is -1.02. The van der Waals surface area contributed by atoms with E-state index in [-0.39, 0.29) is 0 Å². The Bertz CT molecular complexity index is 286. The Morgan fingerprint density at radius 1 is 1.40 bits per heavy atom. The highest BCUT2D eigenvalue weighted by Gasteiger charge is 1.98. The van der Waals surface area contributed by atoms with E-state index in [2.05, 4.69) is 19.9 Å². The van der Waals surface area contributed by atoms with E-state index < -0.39 is 0 Å². The summed E-state index contributed by atoms with van der Waals surface area (Å²) in [6.45, 7) is 5.09. The van der Waals surface area contributed by atoms with Gasteiger partial charge in [0.05, 0.1) is 6.10 Å². The smallest absolute Gasteiger partial charge is 0.0544 e. The molecule has 0 aromatic heterocycles. The van der Waals surface area contributed by atoms with Crippen LogP contribution in [0.5, 0.6) is 0 Å². The molecule has 0 radical (unpaired) electrons. The minimum atomic E-state index is 0.380. The predicted molar refractivity (Wildman–Crippen MR) is 64.9 cm³/mol. The number of ether oxygens (including phenoxy) is 1. The van der Waals surface area contributed by atoms with Gasteiger partial charge in [-0.25, -0.2) is 0 Å². The second-order valence-corrected chi connectivity index (χ2v) is 3.94. The van der Waals surface area contributed by atoms with E-state index in [1.165, 1.54) is 5.56 Å². The van der Waals surface area contributed by atoms with E-state index in [9.17, 15) is 0 Å². The molecule has 2 heteroatoms. The number of rotatable bonds is 6. The lowest BCUT2D eigenvalue weighted by Gasteiger charge is -2.10. The lowest BCUT2D eigenvalue weighted by atomic mass is 10.1. The Balaban J connectivity index is 2.20. The Kier molecular flexibility index (Phi) is 5.19. The van der Waals surface area contributed by atoms with Crippen LogP contribution in [0.3, 0.4) is 0 Å². The molecule has 1 rings (SSSR count). The molecule has 0 saturated heterocycles. The van der Waals surface area contributed by atoms with Crippen LogP contribution >= 0.6 is 0 Å². The third kappa shape index (κ3) is 4.84. The van der Waals surface area contributed by atoms with Crippen LogP contribution in [0.15, 0.2) is 24.3 Å². The van der Waals surface area contributed by atoms with Gasteiger partial charge in [-0.15, -0.1) is 0 Å². The van der Waals surface area contributed by atoms with E-state index >= 15 is 0 Å². The number of benzene rings is 1. The van der Waals surface area contributed by atoms with Crippen LogP contribution in [-0.2, 0) is 11.2 Å². The molecular weight excluding hydrogens is 186 g/mol. The van der Waals surface area contributed by atoms with Gasteiger partial charge in [0.15, 0.2) is 0 Å². The van der Waals surface area contributed by atoms with Crippen LogP contribution < -0.4 is 5.73 Å². The molecule has 1 atom stereocenters. The van der Waals surface area contributed by atoms with Crippen LogP contribution in [0.4, 0.5) is 5.69 Å². The topological polar surface area (TPSA) is 35.2 Å². The predicted octanol–water partition coefficient (Wildman–Crippen LogP) is 3.02. The van der Waals surface area contributed by atoms with Crippen LogP contribution in [0.2, 0.25) is 0 Å². The molecule has 0 amide bonds. The molecule has 0 aliphatic rings. The monoisotopic (exact) mass is 207 g/mol. The van der Waals surface area contributed by atoms with Gasteiger partial charge < -0.3 is 10.5 Å². The first-order valence-electron chi connectivity index (χ1n) is 5.68. The van der Waals surface area contributed by atoms with Gasteiger partial charge in [0.2, 0.25) is 0 Å². The number of nitrogens with two attached hydrogens (primary N) is 1. The summed E-state index contributed by atoms with van der Waals surface area (Å²) in [5.74, 6) is 0. The first-order valence-corrected chi connectivity index (χ1v) is 5.68. The minimum absolute atomic E-state index is 0.380. The second kappa shape index (κ2) is 6.46. The molecular formula is C13H21NO. The van der Waals surface area contributed by atoms with Crippen molar-refractivity contribution in [1.29, 1.82) is 0 Å². The van der Waals surface area contributed by atoms with Crippen molar-refractivity contribution >= 4 is 5.69 Å². The van der Waals surface area contributed by atoms with E-state index in [1.54, 1.807) is 0 Å². The Morgan fingerprint density at radius 3 is 2.87 bits per heavy atom. The van der Waals surface area contributed by atoms with Gasteiger partial charge >= 0.3 is 0 Å². The molecule has 1 aromatic rings. The maximum Gasteiger partial charge on any atom is 0.0544 e. The van der Waals surface area contributed by atoms with E-state index in [0.29, 0.717) is 6.10 Å². The van der Waals surface area contributed by atoms with Crippen molar-refractivity contribution in [3.8, 4) is 0 Å². The zero-order valence-electron chi connectivity index (χ0n) is 9.70. The normalized spacial score (nSPS) is 12.7. The summed E-state index contributed by atoms with van der Waals surface area (Å²) >= 11 is 0. The highest BCUT2D eigenvalue weighted by Crippen LogP contribution is 2.09. The molecule has 15 heavy (non-hydrogen) atoms. The SMILES string of the molecule is CCC(C)OCCCc1cccc(N)c1. The highest BCUT2D eigenvalue weighted by molar-refractivity contribution is 5.40. The van der Waals surface area contributed by atoms with Gasteiger partial charge in [0.25, 0.3) is 0 Å². The largest absolute Gasteiger partial charge is 0.399 e. The standard InChI is InChI=1S/C13H21NO/c1-3-11(2)15-9-5-7-12-6-4-8-13(14)10-12/h4,6,8,10-11H,3,5,7,9,14H2,1-2H3. The molecule has 1 unspecified atom stereocenters. The molecule has 0 aliphatic heterocycles. The summed E-state index contributed by atoms with van der Waals surface area (Å²) in [6, 6.07) is 8.06. The molecule has 2 nitrogen and oxygen atoms in total. The molecule has 0 heterocycles. The van der Waals surface area contributed by atoms with Crippen molar-refractivity contribution < 1.29 is 4.74 Å². The number of aryl methyl sites for hydroxylation is 1. The molecule has 0 aliphatic carbocycles. The molecule has 0 bridgehead atoms. The number of anilines is 1. The average molecular weight is 207 g/mol. The quantitative estimate of drug-likeness (QED) is 0.575. The molecule has 2 N–H and O–H groups in total. The number of hydrogen-bond donors (Lipinski definition) is 1. The maximum absolute atomic E-state index is 5.70. The van der Waals surface area contributed by atoms with Crippen molar-refractivity contribution in [2.45, 2.75) is 39.2 Å². The summed E-state index contributed by atoms with van der Waals surface area (Å²) < 4.78 is 5.61.